The normalized spacial score (nSPS) is 10.7. The van der Waals surface area contributed by atoms with Crippen LogP contribution in [0.2, 0.25) is 0 Å². The first-order chi connectivity index (χ1) is 9.52. The van der Waals surface area contributed by atoms with Gasteiger partial charge in [0.05, 0.1) is 6.61 Å². The van der Waals surface area contributed by atoms with Crippen molar-refractivity contribution in [3.8, 4) is 5.75 Å². The van der Waals surface area contributed by atoms with E-state index >= 15 is 0 Å². The highest BCUT2D eigenvalue weighted by molar-refractivity contribution is 6.27. The molecule has 0 heterocycles. The van der Waals surface area contributed by atoms with Crippen LogP contribution in [0.15, 0.2) is 24.3 Å². The lowest BCUT2D eigenvalue weighted by Gasteiger charge is -2.16. The number of hydrogen-bond donors (Lipinski definition) is 0. The van der Waals surface area contributed by atoms with E-state index in [1.807, 2.05) is 38.4 Å². The zero-order chi connectivity index (χ0) is 15.0. The Morgan fingerprint density at radius 3 is 2.40 bits per heavy atom. The van der Waals surface area contributed by atoms with Gasteiger partial charge in [0, 0.05) is 20.1 Å². The summed E-state index contributed by atoms with van der Waals surface area (Å²) in [5, 5.41) is 0. The van der Waals surface area contributed by atoms with Crippen molar-refractivity contribution >= 4 is 17.5 Å². The van der Waals surface area contributed by atoms with Crippen LogP contribution < -0.4 is 4.74 Å². The number of benzene rings is 1. The molecule has 0 fully saturated rings. The first-order valence-corrected chi connectivity index (χ1v) is 7.22. The number of carbonyl (C=O) groups excluding carboxylic acids is 1. The van der Waals surface area contributed by atoms with Crippen LogP contribution in [-0.2, 0) is 11.3 Å². The molecule has 0 aliphatic carbocycles. The molecule has 5 heteroatoms. The van der Waals surface area contributed by atoms with Crippen LogP contribution in [0.4, 0.5) is 0 Å². The maximum Gasteiger partial charge on any atom is 0.237 e. The van der Waals surface area contributed by atoms with Gasteiger partial charge >= 0.3 is 0 Å². The van der Waals surface area contributed by atoms with Crippen molar-refractivity contribution in [2.45, 2.75) is 13.0 Å². The summed E-state index contributed by atoms with van der Waals surface area (Å²) in [6, 6.07) is 7.81. The predicted molar refractivity (Wildman–Crippen MR) is 82.3 cm³/mol. The fraction of sp³-hybridized carbons (Fsp3) is 0.533. The van der Waals surface area contributed by atoms with Crippen LogP contribution in [0.25, 0.3) is 0 Å². The highest BCUT2D eigenvalue weighted by Crippen LogP contribution is 2.13. The number of halogens is 1. The molecule has 0 bridgehead atoms. The Labute approximate surface area is 126 Å². The summed E-state index contributed by atoms with van der Waals surface area (Å²) in [7, 11) is 5.84. The molecule has 1 aromatic rings. The van der Waals surface area contributed by atoms with Crippen LogP contribution in [-0.4, -0.2) is 55.9 Å². The van der Waals surface area contributed by atoms with Gasteiger partial charge < -0.3 is 14.5 Å². The number of amides is 1. The average Bonchev–Trinajstić information content (AvgIpc) is 2.44. The fourth-order valence-corrected chi connectivity index (χ4v) is 1.93. The van der Waals surface area contributed by atoms with Crippen molar-refractivity contribution < 1.29 is 9.53 Å². The van der Waals surface area contributed by atoms with E-state index in [0.29, 0.717) is 13.2 Å². The van der Waals surface area contributed by atoms with Crippen LogP contribution in [0.3, 0.4) is 0 Å². The van der Waals surface area contributed by atoms with Gasteiger partial charge in [0.1, 0.15) is 11.6 Å². The Morgan fingerprint density at radius 1 is 1.20 bits per heavy atom. The SMILES string of the molecule is CN(C)CCCOc1ccc(CN(C)C(=O)CCl)cc1. The van der Waals surface area contributed by atoms with Gasteiger partial charge in [0.25, 0.3) is 0 Å². The molecule has 1 amide bonds. The molecule has 0 aromatic heterocycles. The van der Waals surface area contributed by atoms with E-state index in [1.165, 1.54) is 0 Å². The van der Waals surface area contributed by atoms with Crippen molar-refractivity contribution in [2.24, 2.45) is 0 Å². The number of carbonyl (C=O) groups is 1. The molecule has 1 rings (SSSR count). The van der Waals surface area contributed by atoms with E-state index in [9.17, 15) is 4.79 Å². The van der Waals surface area contributed by atoms with Crippen molar-refractivity contribution in [3.63, 3.8) is 0 Å². The third kappa shape index (κ3) is 6.26. The molecule has 0 unspecified atom stereocenters. The molecule has 0 atom stereocenters. The monoisotopic (exact) mass is 298 g/mol. The molecule has 0 saturated heterocycles. The molecule has 0 radical (unpaired) electrons. The second-order valence-corrected chi connectivity index (χ2v) is 5.30. The summed E-state index contributed by atoms with van der Waals surface area (Å²) in [4.78, 5) is 15.1. The van der Waals surface area contributed by atoms with Crippen molar-refractivity contribution in [1.29, 1.82) is 0 Å². The number of hydrogen-bond acceptors (Lipinski definition) is 3. The molecule has 0 spiro atoms. The highest BCUT2D eigenvalue weighted by Gasteiger charge is 2.07. The van der Waals surface area contributed by atoms with Gasteiger partial charge in [-0.1, -0.05) is 12.1 Å². The second-order valence-electron chi connectivity index (χ2n) is 5.03. The van der Waals surface area contributed by atoms with Gasteiger partial charge in [-0.3, -0.25) is 4.79 Å². The van der Waals surface area contributed by atoms with E-state index in [4.69, 9.17) is 16.3 Å². The third-order valence-electron chi connectivity index (χ3n) is 2.90. The minimum absolute atomic E-state index is 0.0174. The van der Waals surface area contributed by atoms with E-state index in [0.717, 1.165) is 24.3 Å². The standard InChI is InChI=1S/C15H23ClN2O2/c1-17(2)9-4-10-20-14-7-5-13(6-8-14)12-18(3)15(19)11-16/h5-8H,4,9-12H2,1-3H3. The third-order valence-corrected chi connectivity index (χ3v) is 3.13. The lowest BCUT2D eigenvalue weighted by atomic mass is 10.2. The van der Waals surface area contributed by atoms with Gasteiger partial charge in [-0.2, -0.15) is 0 Å². The minimum atomic E-state index is -0.0734. The summed E-state index contributed by atoms with van der Waals surface area (Å²) in [6.45, 7) is 2.29. The van der Waals surface area contributed by atoms with E-state index in [-0.39, 0.29) is 11.8 Å². The quantitative estimate of drug-likeness (QED) is 0.545. The van der Waals surface area contributed by atoms with Crippen molar-refractivity contribution in [3.05, 3.63) is 29.8 Å². The fourth-order valence-electron chi connectivity index (χ4n) is 1.73. The number of alkyl halides is 1. The predicted octanol–water partition coefficient (Wildman–Crippen LogP) is 2.21. The maximum atomic E-state index is 11.4. The lowest BCUT2D eigenvalue weighted by molar-refractivity contribution is -0.127. The van der Waals surface area contributed by atoms with Gasteiger partial charge in [-0.15, -0.1) is 11.6 Å². The zero-order valence-electron chi connectivity index (χ0n) is 12.4. The summed E-state index contributed by atoms with van der Waals surface area (Å²) in [5.41, 5.74) is 1.06. The largest absolute Gasteiger partial charge is 0.494 e. The summed E-state index contributed by atoms with van der Waals surface area (Å²) >= 11 is 5.52. The molecular weight excluding hydrogens is 276 g/mol. The molecule has 1 aromatic carbocycles. The zero-order valence-corrected chi connectivity index (χ0v) is 13.2. The minimum Gasteiger partial charge on any atom is -0.494 e. The number of rotatable bonds is 8. The number of nitrogens with zero attached hydrogens (tertiary/aromatic N) is 2. The maximum absolute atomic E-state index is 11.4. The molecule has 0 N–H and O–H groups in total. The van der Waals surface area contributed by atoms with Crippen molar-refractivity contribution in [2.75, 3.05) is 40.2 Å². The smallest absolute Gasteiger partial charge is 0.237 e. The van der Waals surface area contributed by atoms with Crippen molar-refractivity contribution in [1.82, 2.24) is 9.80 Å². The summed E-state index contributed by atoms with van der Waals surface area (Å²) in [5.74, 6) is 0.804. The van der Waals surface area contributed by atoms with Gasteiger partial charge in [-0.25, -0.2) is 0 Å². The van der Waals surface area contributed by atoms with Crippen LogP contribution in [0, 0.1) is 0 Å². The summed E-state index contributed by atoms with van der Waals surface area (Å²) in [6.07, 6.45) is 1.00. The Hall–Kier alpha value is -1.26. The Bertz CT molecular complexity index is 407. The topological polar surface area (TPSA) is 32.8 Å². The molecular formula is C15H23ClN2O2. The molecule has 20 heavy (non-hydrogen) atoms. The van der Waals surface area contributed by atoms with Gasteiger partial charge in [0.2, 0.25) is 5.91 Å². The number of ether oxygens (including phenoxy) is 1. The van der Waals surface area contributed by atoms with E-state index in [1.54, 1.807) is 11.9 Å². The summed E-state index contributed by atoms with van der Waals surface area (Å²) < 4.78 is 5.66. The molecule has 0 saturated carbocycles. The van der Waals surface area contributed by atoms with Gasteiger partial charge in [-0.05, 0) is 38.2 Å². The van der Waals surface area contributed by atoms with Gasteiger partial charge in [0.15, 0.2) is 0 Å². The Kier molecular flexibility index (Phi) is 7.41. The highest BCUT2D eigenvalue weighted by atomic mass is 35.5. The first kappa shape index (κ1) is 16.8. The first-order valence-electron chi connectivity index (χ1n) is 6.69. The Morgan fingerprint density at radius 2 is 1.85 bits per heavy atom. The van der Waals surface area contributed by atoms with Crippen LogP contribution in [0.5, 0.6) is 5.75 Å². The Balaban J connectivity index is 2.38. The van der Waals surface area contributed by atoms with Crippen LogP contribution >= 0.6 is 11.6 Å². The lowest BCUT2D eigenvalue weighted by Crippen LogP contribution is -2.26. The molecule has 4 nitrogen and oxygen atoms in total. The van der Waals surface area contributed by atoms with E-state index in [2.05, 4.69) is 4.90 Å². The van der Waals surface area contributed by atoms with E-state index < -0.39 is 0 Å². The van der Waals surface area contributed by atoms with Crippen LogP contribution in [0.1, 0.15) is 12.0 Å². The molecule has 112 valence electrons. The molecule has 0 aliphatic rings. The molecule has 0 aliphatic heterocycles. The second kappa shape index (κ2) is 8.82. The average molecular weight is 299 g/mol.